The van der Waals surface area contributed by atoms with Gasteiger partial charge in [0.25, 0.3) is 0 Å². The Morgan fingerprint density at radius 3 is 2.30 bits per heavy atom. The minimum atomic E-state index is -0.0511. The molecule has 1 aliphatic rings. The summed E-state index contributed by atoms with van der Waals surface area (Å²) in [5.41, 5.74) is 2.24. The van der Waals surface area contributed by atoms with Crippen LogP contribution in [0.4, 0.5) is 0 Å². The number of rotatable bonds is 4. The molecule has 1 fully saturated rings. The van der Waals surface area contributed by atoms with E-state index < -0.39 is 0 Å². The van der Waals surface area contributed by atoms with Gasteiger partial charge in [-0.15, -0.1) is 0 Å². The molecule has 0 aliphatic carbocycles. The second-order valence-electron chi connectivity index (χ2n) is 5.77. The summed E-state index contributed by atoms with van der Waals surface area (Å²) < 4.78 is 11.1. The van der Waals surface area contributed by atoms with Crippen molar-refractivity contribution < 1.29 is 9.47 Å². The fourth-order valence-corrected chi connectivity index (χ4v) is 3.03. The van der Waals surface area contributed by atoms with Gasteiger partial charge in [0.2, 0.25) is 0 Å². The molecule has 0 bridgehead atoms. The summed E-state index contributed by atoms with van der Waals surface area (Å²) in [6.07, 6.45) is 0. The summed E-state index contributed by atoms with van der Waals surface area (Å²) in [6, 6.07) is 4.17. The number of ether oxygens (including phenoxy) is 2. The maximum atomic E-state index is 5.67. The first kappa shape index (κ1) is 15.1. The molecule has 1 aliphatic heterocycles. The van der Waals surface area contributed by atoms with E-state index in [1.165, 1.54) is 5.56 Å². The van der Waals surface area contributed by atoms with E-state index in [9.17, 15) is 0 Å². The molecule has 4 heteroatoms. The average Bonchev–Trinajstić information content (AvgIpc) is 2.47. The van der Waals surface area contributed by atoms with Gasteiger partial charge in [0.1, 0.15) is 11.5 Å². The Balaban J connectivity index is 2.42. The van der Waals surface area contributed by atoms with Crippen molar-refractivity contribution in [3.8, 4) is 11.5 Å². The van der Waals surface area contributed by atoms with Gasteiger partial charge < -0.3 is 14.8 Å². The first-order chi connectivity index (χ1) is 9.52. The van der Waals surface area contributed by atoms with Crippen LogP contribution >= 0.6 is 0 Å². The van der Waals surface area contributed by atoms with E-state index in [1.807, 2.05) is 6.07 Å². The maximum Gasteiger partial charge on any atom is 0.130 e. The van der Waals surface area contributed by atoms with Crippen molar-refractivity contribution in [1.29, 1.82) is 0 Å². The van der Waals surface area contributed by atoms with Crippen LogP contribution in [0.25, 0.3) is 0 Å². The lowest BCUT2D eigenvalue weighted by Gasteiger charge is -2.42. The molecule has 20 heavy (non-hydrogen) atoms. The number of benzene rings is 1. The van der Waals surface area contributed by atoms with Crippen LogP contribution in [0.2, 0.25) is 0 Å². The average molecular weight is 278 g/mol. The van der Waals surface area contributed by atoms with Gasteiger partial charge in [-0.25, -0.2) is 0 Å². The summed E-state index contributed by atoms with van der Waals surface area (Å²) in [7, 11) is 3.43. The molecule has 0 saturated carbocycles. The fraction of sp³-hybridized carbons (Fsp3) is 0.625. The summed E-state index contributed by atoms with van der Waals surface area (Å²) in [5.74, 6) is 1.81. The highest BCUT2D eigenvalue weighted by Gasteiger charge is 2.33. The first-order valence-electron chi connectivity index (χ1n) is 7.20. The molecular formula is C16H26N2O2. The van der Waals surface area contributed by atoms with Crippen molar-refractivity contribution in [3.63, 3.8) is 0 Å². The van der Waals surface area contributed by atoms with Gasteiger partial charge in [0.15, 0.2) is 0 Å². The lowest BCUT2D eigenvalue weighted by molar-refractivity contribution is 0.0998. The minimum Gasteiger partial charge on any atom is -0.496 e. The quantitative estimate of drug-likeness (QED) is 0.915. The molecule has 1 aromatic carbocycles. The smallest absolute Gasteiger partial charge is 0.130 e. The van der Waals surface area contributed by atoms with E-state index in [0.29, 0.717) is 0 Å². The van der Waals surface area contributed by atoms with Gasteiger partial charge in [-0.3, -0.25) is 4.90 Å². The van der Waals surface area contributed by atoms with Gasteiger partial charge >= 0.3 is 0 Å². The highest BCUT2D eigenvalue weighted by atomic mass is 16.5. The maximum absolute atomic E-state index is 5.67. The van der Waals surface area contributed by atoms with Gasteiger partial charge in [-0.2, -0.15) is 0 Å². The number of hydrogen-bond acceptors (Lipinski definition) is 4. The molecule has 112 valence electrons. The Morgan fingerprint density at radius 2 is 1.75 bits per heavy atom. The number of methoxy groups -OCH3 is 2. The van der Waals surface area contributed by atoms with Gasteiger partial charge in [-0.05, 0) is 32.9 Å². The fourth-order valence-electron chi connectivity index (χ4n) is 3.03. The third-order valence-corrected chi connectivity index (χ3v) is 4.35. The molecule has 1 heterocycles. The Hall–Kier alpha value is -1.26. The van der Waals surface area contributed by atoms with Crippen LogP contribution in [0.1, 0.15) is 25.0 Å². The molecule has 0 aromatic heterocycles. The van der Waals surface area contributed by atoms with Crippen LogP contribution in [0.5, 0.6) is 11.5 Å². The summed E-state index contributed by atoms with van der Waals surface area (Å²) >= 11 is 0. The van der Waals surface area contributed by atoms with Gasteiger partial charge in [0, 0.05) is 42.8 Å². The van der Waals surface area contributed by atoms with Crippen LogP contribution in [0.15, 0.2) is 12.1 Å². The zero-order valence-electron chi connectivity index (χ0n) is 13.2. The van der Waals surface area contributed by atoms with Crippen molar-refractivity contribution in [3.05, 3.63) is 23.3 Å². The SMILES string of the molecule is COc1ccc(C(C)(C)N2CCNCC2)c(OC)c1C. The van der Waals surface area contributed by atoms with E-state index in [4.69, 9.17) is 9.47 Å². The summed E-state index contributed by atoms with van der Waals surface area (Å²) in [4.78, 5) is 2.51. The monoisotopic (exact) mass is 278 g/mol. The minimum absolute atomic E-state index is 0.0511. The lowest BCUT2D eigenvalue weighted by Crippen LogP contribution is -2.51. The zero-order valence-corrected chi connectivity index (χ0v) is 13.2. The van der Waals surface area contributed by atoms with Crippen LogP contribution < -0.4 is 14.8 Å². The topological polar surface area (TPSA) is 33.7 Å². The number of nitrogens with one attached hydrogen (secondary N) is 1. The number of piperazine rings is 1. The molecule has 4 nitrogen and oxygen atoms in total. The first-order valence-corrected chi connectivity index (χ1v) is 7.20. The highest BCUT2D eigenvalue weighted by Crippen LogP contribution is 2.40. The normalized spacial score (nSPS) is 17.1. The van der Waals surface area contributed by atoms with Gasteiger partial charge in [0.05, 0.1) is 14.2 Å². The molecule has 0 amide bonds. The molecular weight excluding hydrogens is 252 g/mol. The Bertz CT molecular complexity index is 466. The van der Waals surface area contributed by atoms with Crippen molar-refractivity contribution in [2.45, 2.75) is 26.3 Å². The highest BCUT2D eigenvalue weighted by molar-refractivity contribution is 5.51. The van der Waals surface area contributed by atoms with Crippen LogP contribution in [-0.4, -0.2) is 45.3 Å². The molecule has 0 spiro atoms. The van der Waals surface area contributed by atoms with Crippen molar-refractivity contribution in [1.82, 2.24) is 10.2 Å². The van der Waals surface area contributed by atoms with Crippen LogP contribution in [0, 0.1) is 6.92 Å². The van der Waals surface area contributed by atoms with E-state index in [-0.39, 0.29) is 5.54 Å². The molecule has 2 rings (SSSR count). The summed E-state index contributed by atoms with van der Waals surface area (Å²) in [5, 5.41) is 3.40. The number of nitrogens with zero attached hydrogens (tertiary/aromatic N) is 1. The molecule has 1 aromatic rings. The second kappa shape index (κ2) is 6.02. The molecule has 0 unspecified atom stereocenters. The molecule has 1 N–H and O–H groups in total. The molecule has 1 saturated heterocycles. The standard InChI is InChI=1S/C16H26N2O2/c1-12-14(19-4)7-6-13(15(12)20-5)16(2,3)18-10-8-17-9-11-18/h6-7,17H,8-11H2,1-5H3. The molecule has 0 radical (unpaired) electrons. The van der Waals surface area contributed by atoms with Crippen molar-refractivity contribution in [2.75, 3.05) is 40.4 Å². The Labute approximate surface area is 122 Å². The van der Waals surface area contributed by atoms with E-state index >= 15 is 0 Å². The largest absolute Gasteiger partial charge is 0.496 e. The predicted molar refractivity (Wildman–Crippen MR) is 81.8 cm³/mol. The van der Waals surface area contributed by atoms with Crippen molar-refractivity contribution in [2.24, 2.45) is 0 Å². The third-order valence-electron chi connectivity index (χ3n) is 4.35. The number of hydrogen-bond donors (Lipinski definition) is 1. The Kier molecular flexibility index (Phi) is 4.55. The Morgan fingerprint density at radius 1 is 1.10 bits per heavy atom. The second-order valence-corrected chi connectivity index (χ2v) is 5.77. The molecule has 0 atom stereocenters. The van der Waals surface area contributed by atoms with E-state index in [2.05, 4.69) is 37.1 Å². The zero-order chi connectivity index (χ0) is 14.8. The van der Waals surface area contributed by atoms with E-state index in [0.717, 1.165) is 43.2 Å². The van der Waals surface area contributed by atoms with Crippen LogP contribution in [0.3, 0.4) is 0 Å². The predicted octanol–water partition coefficient (Wildman–Crippen LogP) is 2.15. The van der Waals surface area contributed by atoms with Gasteiger partial charge in [-0.1, -0.05) is 0 Å². The third kappa shape index (κ3) is 2.63. The van der Waals surface area contributed by atoms with Crippen molar-refractivity contribution >= 4 is 0 Å². The summed E-state index contributed by atoms with van der Waals surface area (Å²) in [6.45, 7) is 10.8. The van der Waals surface area contributed by atoms with Crippen LogP contribution in [-0.2, 0) is 5.54 Å². The lowest BCUT2D eigenvalue weighted by atomic mass is 9.89. The van der Waals surface area contributed by atoms with E-state index in [1.54, 1.807) is 14.2 Å².